The summed E-state index contributed by atoms with van der Waals surface area (Å²) < 4.78 is 22.1. The van der Waals surface area contributed by atoms with Crippen molar-refractivity contribution in [3.05, 3.63) is 76.2 Å². The molecule has 6 heterocycles. The number of alkyl carbamates (subject to hydrolysis) is 2. The Bertz CT molecular complexity index is 2560. The third-order valence-corrected chi connectivity index (χ3v) is 11.9. The van der Waals surface area contributed by atoms with Crippen molar-refractivity contribution in [2.75, 3.05) is 27.3 Å². The minimum Gasteiger partial charge on any atom is -0.488 e. The predicted molar refractivity (Wildman–Crippen MR) is 223 cm³/mol. The molecule has 5 aromatic rings. The van der Waals surface area contributed by atoms with Crippen LogP contribution in [0.4, 0.5) is 9.59 Å². The summed E-state index contributed by atoms with van der Waals surface area (Å²) in [5.41, 5.74) is 4.22. The third-order valence-electron chi connectivity index (χ3n) is 11.9. The average Bonchev–Trinajstić information content (AvgIpc) is 4.11. The Morgan fingerprint density at radius 2 is 1.30 bits per heavy atom. The molecule has 61 heavy (non-hydrogen) atoms. The second-order valence-corrected chi connectivity index (χ2v) is 16.4. The van der Waals surface area contributed by atoms with Gasteiger partial charge in [0.1, 0.15) is 47.4 Å². The Kier molecular flexibility index (Phi) is 11.3. The molecule has 2 saturated heterocycles. The molecule has 3 aliphatic rings. The lowest BCUT2D eigenvalue weighted by Gasteiger charge is -2.30. The van der Waals surface area contributed by atoms with Crippen molar-refractivity contribution in [3.8, 4) is 39.6 Å². The molecule has 320 valence electrons. The molecule has 17 nitrogen and oxygen atoms in total. The van der Waals surface area contributed by atoms with Crippen LogP contribution in [-0.2, 0) is 25.7 Å². The molecule has 0 bridgehead atoms. The molecule has 17 heteroatoms. The number of aromatic nitrogens is 4. The van der Waals surface area contributed by atoms with Crippen molar-refractivity contribution in [2.24, 2.45) is 11.8 Å². The second kappa shape index (κ2) is 16.8. The van der Waals surface area contributed by atoms with Gasteiger partial charge in [-0.15, -0.1) is 0 Å². The number of carbonyl (C=O) groups is 4. The van der Waals surface area contributed by atoms with Gasteiger partial charge in [0, 0.05) is 24.2 Å². The van der Waals surface area contributed by atoms with E-state index in [1.165, 1.54) is 14.2 Å². The maximum absolute atomic E-state index is 14.0. The maximum Gasteiger partial charge on any atom is 0.407 e. The van der Waals surface area contributed by atoms with Gasteiger partial charge in [0.05, 0.1) is 66.6 Å². The van der Waals surface area contributed by atoms with Gasteiger partial charge >= 0.3 is 12.2 Å². The predicted octanol–water partition coefficient (Wildman–Crippen LogP) is 6.22. The van der Waals surface area contributed by atoms with Crippen LogP contribution in [0.25, 0.3) is 44.8 Å². The minimum absolute atomic E-state index is 0.0141. The molecular weight excluding hydrogens is 785 g/mol. The monoisotopic (exact) mass is 834 g/mol. The minimum atomic E-state index is -0.743. The number of amides is 4. The number of nitrogens with zero attached hydrogens (tertiary/aromatic N) is 4. The number of benzene rings is 2. The molecule has 0 spiro atoms. The Labute approximate surface area is 351 Å². The average molecular weight is 835 g/mol. The molecule has 2 fully saturated rings. The summed E-state index contributed by atoms with van der Waals surface area (Å²) in [5, 5.41) is 5.75. The topological polar surface area (TPSA) is 214 Å². The van der Waals surface area contributed by atoms with E-state index in [-0.39, 0.29) is 47.8 Å². The smallest absolute Gasteiger partial charge is 0.407 e. The van der Waals surface area contributed by atoms with Crippen molar-refractivity contribution in [3.63, 3.8) is 0 Å². The molecule has 0 saturated carbocycles. The first-order valence-corrected chi connectivity index (χ1v) is 20.6. The molecule has 0 aliphatic carbocycles. The van der Waals surface area contributed by atoms with Gasteiger partial charge in [0.2, 0.25) is 11.8 Å². The molecule has 4 amide bonds. The summed E-state index contributed by atoms with van der Waals surface area (Å²) in [7, 11) is 2.54. The Morgan fingerprint density at radius 3 is 1.82 bits per heavy atom. The van der Waals surface area contributed by atoms with Crippen molar-refractivity contribution >= 4 is 35.0 Å². The van der Waals surface area contributed by atoms with Gasteiger partial charge in [-0.3, -0.25) is 14.4 Å². The molecule has 4 atom stereocenters. The lowest BCUT2D eigenvalue weighted by Crippen LogP contribution is -2.51. The third kappa shape index (κ3) is 7.79. The van der Waals surface area contributed by atoms with Crippen molar-refractivity contribution in [1.82, 2.24) is 40.4 Å². The van der Waals surface area contributed by atoms with Crippen LogP contribution in [0.2, 0.25) is 0 Å². The first-order valence-electron chi connectivity index (χ1n) is 20.6. The number of hydrogen-bond donors (Lipinski definition) is 4. The fourth-order valence-corrected chi connectivity index (χ4v) is 8.59. The van der Waals surface area contributed by atoms with Crippen LogP contribution in [0.15, 0.2) is 58.0 Å². The van der Waals surface area contributed by atoms with Crippen LogP contribution < -0.4 is 20.8 Å². The SMILES string of the molecule is COC(=O)N[C@H](C(=O)N1CCC[C@H]1c1ncc(-c2ccc3c(c2)OCc2c-3oc3ccc(-c4cnc([C@@H]5CCCN5C(=O)[C@@H](NC(=O)OC)C(C)C)[nH]4)cc3c2=O)[nH]1)C(C)C. The lowest BCUT2D eigenvalue weighted by molar-refractivity contribution is -0.136. The number of fused-ring (bicyclic) bond motifs is 4. The van der Waals surface area contributed by atoms with Gasteiger partial charge in [0.15, 0.2) is 5.43 Å². The molecule has 0 unspecified atom stereocenters. The molecular formula is C44H50N8O9. The number of aromatic amines is 2. The molecule has 3 aromatic heterocycles. The zero-order valence-corrected chi connectivity index (χ0v) is 35.0. The van der Waals surface area contributed by atoms with Crippen molar-refractivity contribution in [1.29, 1.82) is 0 Å². The van der Waals surface area contributed by atoms with Crippen LogP contribution >= 0.6 is 0 Å². The van der Waals surface area contributed by atoms with Gasteiger partial charge in [-0.25, -0.2) is 19.6 Å². The summed E-state index contributed by atoms with van der Waals surface area (Å²) in [4.78, 5) is 84.9. The van der Waals surface area contributed by atoms with E-state index in [1.54, 1.807) is 34.3 Å². The summed E-state index contributed by atoms with van der Waals surface area (Å²) in [6, 6.07) is 8.99. The van der Waals surface area contributed by atoms with E-state index in [0.29, 0.717) is 70.5 Å². The first-order chi connectivity index (χ1) is 29.4. The number of H-pyrrole nitrogens is 2. The standard InChI is InChI=1S/C44H50N8O9/c1-22(2)35(49-43(56)58-5)41(54)51-15-7-9-31(51)39-45-19-29(47-39)24-12-14-33-27(17-24)37(53)28-21-60-34-18-25(11-13-26(34)38(28)61-33)30-20-46-40(48-30)32-10-8-16-52(32)42(55)36(23(3)4)50-44(57)59-6/h11-14,17-20,22-23,31-32,35-36H,7-10,15-16,21H2,1-6H3,(H,45,47)(H,46,48)(H,49,56)(H,50,57)/t31-,32-,35-,36-/m0/s1. The maximum atomic E-state index is 14.0. The van der Waals surface area contributed by atoms with Crippen LogP contribution in [-0.4, -0.2) is 93.1 Å². The van der Waals surface area contributed by atoms with Crippen LogP contribution in [0.5, 0.6) is 5.75 Å². The van der Waals surface area contributed by atoms with E-state index in [9.17, 15) is 24.0 Å². The quantitative estimate of drug-likeness (QED) is 0.124. The Balaban J connectivity index is 1.01. The lowest BCUT2D eigenvalue weighted by atomic mass is 9.99. The molecule has 8 rings (SSSR count). The Hall–Kier alpha value is -6.65. The highest BCUT2D eigenvalue weighted by molar-refractivity contribution is 5.88. The highest BCUT2D eigenvalue weighted by Crippen LogP contribution is 2.41. The van der Waals surface area contributed by atoms with Crippen molar-refractivity contribution in [2.45, 2.75) is 84.2 Å². The fraction of sp³-hybridized carbons (Fsp3) is 0.432. The number of hydrogen-bond acceptors (Lipinski definition) is 11. The van der Waals surface area contributed by atoms with Gasteiger partial charge in [-0.2, -0.15) is 0 Å². The van der Waals surface area contributed by atoms with E-state index in [0.717, 1.165) is 36.1 Å². The summed E-state index contributed by atoms with van der Waals surface area (Å²) in [6.45, 7) is 8.59. The number of methoxy groups -OCH3 is 2. The van der Waals surface area contributed by atoms with Gasteiger partial charge in [0.25, 0.3) is 0 Å². The van der Waals surface area contributed by atoms with E-state index in [4.69, 9.17) is 18.6 Å². The van der Waals surface area contributed by atoms with E-state index < -0.39 is 24.3 Å². The molecule has 0 radical (unpaired) electrons. The fourth-order valence-electron chi connectivity index (χ4n) is 8.59. The van der Waals surface area contributed by atoms with Crippen LogP contribution in [0.3, 0.4) is 0 Å². The first kappa shape index (κ1) is 41.1. The molecule has 3 aliphatic heterocycles. The highest BCUT2D eigenvalue weighted by Gasteiger charge is 2.39. The van der Waals surface area contributed by atoms with Gasteiger partial charge in [-0.1, -0.05) is 33.8 Å². The number of nitrogens with one attached hydrogen (secondary N) is 4. The number of imidazole rings is 2. The zero-order valence-electron chi connectivity index (χ0n) is 35.0. The van der Waals surface area contributed by atoms with Gasteiger partial charge < -0.3 is 49.0 Å². The summed E-state index contributed by atoms with van der Waals surface area (Å²) in [5.74, 6) is 1.59. The molecule has 4 N–H and O–H groups in total. The summed E-state index contributed by atoms with van der Waals surface area (Å²) >= 11 is 0. The van der Waals surface area contributed by atoms with Crippen molar-refractivity contribution < 1.29 is 37.8 Å². The Morgan fingerprint density at radius 1 is 0.770 bits per heavy atom. The van der Waals surface area contributed by atoms with Gasteiger partial charge in [-0.05, 0) is 67.9 Å². The molecule has 2 aromatic carbocycles. The number of rotatable bonds is 10. The number of carbonyl (C=O) groups excluding carboxylic acids is 4. The summed E-state index contributed by atoms with van der Waals surface area (Å²) in [6.07, 6.45) is 5.13. The van der Waals surface area contributed by atoms with E-state index in [1.807, 2.05) is 52.0 Å². The van der Waals surface area contributed by atoms with Crippen LogP contribution in [0, 0.1) is 11.8 Å². The number of ether oxygens (including phenoxy) is 3. The van der Waals surface area contributed by atoms with E-state index >= 15 is 0 Å². The van der Waals surface area contributed by atoms with E-state index in [2.05, 4.69) is 30.6 Å². The largest absolute Gasteiger partial charge is 0.488 e. The van der Waals surface area contributed by atoms with Crippen LogP contribution in [0.1, 0.15) is 82.7 Å². The second-order valence-electron chi connectivity index (χ2n) is 16.4. The highest BCUT2D eigenvalue weighted by atomic mass is 16.5. The zero-order chi connectivity index (χ0) is 43.1. The normalized spacial score (nSPS) is 18.1. The number of likely N-dealkylation sites (tertiary alicyclic amines) is 2.